The quantitative estimate of drug-likeness (QED) is 0.483. The van der Waals surface area contributed by atoms with Gasteiger partial charge in [0, 0.05) is 16.7 Å². The number of aromatic nitrogens is 2. The Bertz CT molecular complexity index is 1300. The number of hydrogen-bond acceptors (Lipinski definition) is 4. The maximum Gasteiger partial charge on any atom is 0.238 e. The lowest BCUT2D eigenvalue weighted by Crippen LogP contribution is -2.15. The molecule has 0 unspecified atom stereocenters. The van der Waals surface area contributed by atoms with Crippen molar-refractivity contribution >= 4 is 15.8 Å². The number of carbonyl (C=O) groups is 1. The van der Waals surface area contributed by atoms with Crippen LogP contribution in [0.1, 0.15) is 10.4 Å². The van der Waals surface area contributed by atoms with Gasteiger partial charge in [-0.3, -0.25) is 4.79 Å². The Morgan fingerprint density at radius 1 is 0.867 bits per heavy atom. The number of hydrogen-bond donors (Lipinski definition) is 1. The summed E-state index contributed by atoms with van der Waals surface area (Å²) in [4.78, 5) is 17.4. The largest absolute Gasteiger partial charge is 0.322 e. The third kappa shape index (κ3) is 4.07. The maximum absolute atomic E-state index is 12.9. The van der Waals surface area contributed by atoms with Crippen LogP contribution in [0, 0.1) is 0 Å². The van der Waals surface area contributed by atoms with Crippen LogP contribution < -0.4 is 5.14 Å². The standard InChI is InChI=1S/C23H19N3O3S/c24-30(28,29)20-13-7-12-19(14-20)21(27)15-26-16-25-22(17-8-3-1-4-9-17)23(26)18-10-5-2-6-11-18/h1-14,16H,15H2,(H2,24,28,29). The number of sulfonamides is 1. The molecule has 4 rings (SSSR count). The van der Waals surface area contributed by atoms with Gasteiger partial charge in [0.05, 0.1) is 29.2 Å². The third-order valence-corrected chi connectivity index (χ3v) is 5.64. The zero-order valence-electron chi connectivity index (χ0n) is 16.0. The Hall–Kier alpha value is -3.55. The van der Waals surface area contributed by atoms with E-state index in [1.54, 1.807) is 17.0 Å². The third-order valence-electron chi connectivity index (χ3n) is 4.73. The SMILES string of the molecule is NS(=O)(=O)c1cccc(C(=O)Cn2cnc(-c3ccccc3)c2-c2ccccc2)c1. The number of ketones is 1. The van der Waals surface area contributed by atoms with Gasteiger partial charge in [0.15, 0.2) is 5.78 Å². The van der Waals surface area contributed by atoms with Gasteiger partial charge >= 0.3 is 0 Å². The molecule has 150 valence electrons. The van der Waals surface area contributed by atoms with E-state index < -0.39 is 10.0 Å². The zero-order valence-corrected chi connectivity index (χ0v) is 16.8. The molecule has 6 nitrogen and oxygen atoms in total. The van der Waals surface area contributed by atoms with Gasteiger partial charge in [-0.2, -0.15) is 0 Å². The summed E-state index contributed by atoms with van der Waals surface area (Å²) < 4.78 is 25.0. The normalized spacial score (nSPS) is 11.4. The highest BCUT2D eigenvalue weighted by molar-refractivity contribution is 7.89. The number of nitrogens with two attached hydrogens (primary N) is 1. The zero-order chi connectivity index (χ0) is 21.1. The van der Waals surface area contributed by atoms with Crippen molar-refractivity contribution in [2.24, 2.45) is 5.14 Å². The minimum atomic E-state index is -3.89. The van der Waals surface area contributed by atoms with E-state index in [4.69, 9.17) is 5.14 Å². The highest BCUT2D eigenvalue weighted by Crippen LogP contribution is 2.31. The fraction of sp³-hybridized carbons (Fsp3) is 0.0435. The highest BCUT2D eigenvalue weighted by Gasteiger charge is 2.18. The monoisotopic (exact) mass is 417 g/mol. The first-order valence-electron chi connectivity index (χ1n) is 9.25. The average Bonchev–Trinajstić information content (AvgIpc) is 3.18. The van der Waals surface area contributed by atoms with Crippen LogP contribution in [-0.2, 0) is 16.6 Å². The number of Topliss-reactive ketones (excluding diaryl/α,β-unsaturated/α-hetero) is 1. The molecule has 0 radical (unpaired) electrons. The summed E-state index contributed by atoms with van der Waals surface area (Å²) in [6, 6.07) is 25.2. The van der Waals surface area contributed by atoms with Crippen molar-refractivity contribution in [1.29, 1.82) is 0 Å². The van der Waals surface area contributed by atoms with Gasteiger partial charge in [0.1, 0.15) is 0 Å². The fourth-order valence-corrected chi connectivity index (χ4v) is 3.86. The van der Waals surface area contributed by atoms with Crippen LogP contribution in [0.25, 0.3) is 22.5 Å². The highest BCUT2D eigenvalue weighted by atomic mass is 32.2. The maximum atomic E-state index is 12.9. The number of carbonyl (C=O) groups excluding carboxylic acids is 1. The fourth-order valence-electron chi connectivity index (χ4n) is 3.30. The van der Waals surface area contributed by atoms with Crippen LogP contribution >= 0.6 is 0 Å². The van der Waals surface area contributed by atoms with Crippen LogP contribution in [0.15, 0.2) is 96.2 Å². The molecule has 0 saturated carbocycles. The van der Waals surface area contributed by atoms with Crippen molar-refractivity contribution in [3.63, 3.8) is 0 Å². The topological polar surface area (TPSA) is 95.0 Å². The van der Waals surface area contributed by atoms with E-state index >= 15 is 0 Å². The number of benzene rings is 3. The molecule has 1 aromatic heterocycles. The smallest absolute Gasteiger partial charge is 0.238 e. The van der Waals surface area contributed by atoms with Crippen molar-refractivity contribution in [3.8, 4) is 22.5 Å². The summed E-state index contributed by atoms with van der Waals surface area (Å²) in [6.07, 6.45) is 1.63. The Kier molecular flexibility index (Phi) is 5.31. The van der Waals surface area contributed by atoms with Gasteiger partial charge in [-0.15, -0.1) is 0 Å². The number of nitrogens with zero attached hydrogens (tertiary/aromatic N) is 2. The Balaban J connectivity index is 1.75. The summed E-state index contributed by atoms with van der Waals surface area (Å²) in [7, 11) is -3.89. The second-order valence-corrected chi connectivity index (χ2v) is 8.36. The van der Waals surface area contributed by atoms with E-state index in [2.05, 4.69) is 4.98 Å². The molecule has 4 aromatic rings. The first-order valence-corrected chi connectivity index (χ1v) is 10.8. The molecule has 0 saturated heterocycles. The summed E-state index contributed by atoms with van der Waals surface area (Å²) in [5.41, 5.74) is 3.74. The molecular formula is C23H19N3O3S. The summed E-state index contributed by atoms with van der Waals surface area (Å²) >= 11 is 0. The Labute approximate surface area is 174 Å². The van der Waals surface area contributed by atoms with E-state index in [-0.39, 0.29) is 22.8 Å². The second-order valence-electron chi connectivity index (χ2n) is 6.80. The molecule has 1 heterocycles. The Morgan fingerprint density at radius 2 is 1.50 bits per heavy atom. The van der Waals surface area contributed by atoms with Crippen LogP contribution in [0.5, 0.6) is 0 Å². The Morgan fingerprint density at radius 3 is 2.13 bits per heavy atom. The van der Waals surface area contributed by atoms with Crippen molar-refractivity contribution in [2.75, 3.05) is 0 Å². The van der Waals surface area contributed by atoms with Crippen LogP contribution in [0.3, 0.4) is 0 Å². The summed E-state index contributed by atoms with van der Waals surface area (Å²) in [5.74, 6) is -0.241. The number of imidazole rings is 1. The van der Waals surface area contributed by atoms with Crippen molar-refractivity contribution in [1.82, 2.24) is 9.55 Å². The average molecular weight is 417 g/mol. The van der Waals surface area contributed by atoms with Gasteiger partial charge in [-0.1, -0.05) is 72.8 Å². The molecule has 0 aliphatic heterocycles. The molecule has 7 heteroatoms. The molecule has 2 N–H and O–H groups in total. The predicted molar refractivity (Wildman–Crippen MR) is 115 cm³/mol. The predicted octanol–water partition coefficient (Wildman–Crippen LogP) is 3.75. The van der Waals surface area contributed by atoms with Crippen LogP contribution in [0.2, 0.25) is 0 Å². The minimum absolute atomic E-state index is 0.0120. The van der Waals surface area contributed by atoms with Crippen molar-refractivity contribution < 1.29 is 13.2 Å². The van der Waals surface area contributed by atoms with Crippen LogP contribution in [-0.4, -0.2) is 23.8 Å². The lowest BCUT2D eigenvalue weighted by molar-refractivity contribution is 0.0972. The van der Waals surface area contributed by atoms with Crippen LogP contribution in [0.4, 0.5) is 0 Å². The molecule has 0 aliphatic rings. The molecule has 0 bridgehead atoms. The van der Waals surface area contributed by atoms with E-state index in [0.717, 1.165) is 22.5 Å². The van der Waals surface area contributed by atoms with E-state index in [1.807, 2.05) is 60.7 Å². The lowest BCUT2D eigenvalue weighted by Gasteiger charge is -2.11. The number of rotatable bonds is 6. The van der Waals surface area contributed by atoms with Gasteiger partial charge < -0.3 is 4.57 Å². The second kappa shape index (κ2) is 8.06. The molecule has 3 aromatic carbocycles. The van der Waals surface area contributed by atoms with Gasteiger partial charge in [-0.25, -0.2) is 18.5 Å². The van der Waals surface area contributed by atoms with E-state index in [9.17, 15) is 13.2 Å². The minimum Gasteiger partial charge on any atom is -0.322 e. The van der Waals surface area contributed by atoms with E-state index in [1.165, 1.54) is 18.2 Å². The van der Waals surface area contributed by atoms with Gasteiger partial charge in [0.2, 0.25) is 10.0 Å². The van der Waals surface area contributed by atoms with Gasteiger partial charge in [-0.05, 0) is 12.1 Å². The first-order chi connectivity index (χ1) is 14.4. The number of primary sulfonamides is 1. The van der Waals surface area contributed by atoms with Gasteiger partial charge in [0.25, 0.3) is 0 Å². The molecule has 30 heavy (non-hydrogen) atoms. The molecule has 0 aliphatic carbocycles. The summed E-state index contributed by atoms with van der Waals surface area (Å²) in [6.45, 7) is 0.0120. The lowest BCUT2D eigenvalue weighted by atomic mass is 10.0. The molecule has 0 amide bonds. The van der Waals surface area contributed by atoms with E-state index in [0.29, 0.717) is 0 Å². The van der Waals surface area contributed by atoms with Crippen molar-refractivity contribution in [2.45, 2.75) is 11.4 Å². The molecular weight excluding hydrogens is 398 g/mol. The molecule has 0 atom stereocenters. The molecule has 0 spiro atoms. The summed E-state index contributed by atoms with van der Waals surface area (Å²) in [5, 5.41) is 5.19. The molecule has 0 fully saturated rings. The first kappa shape index (κ1) is 19.8. The van der Waals surface area contributed by atoms with Crippen molar-refractivity contribution in [3.05, 3.63) is 96.8 Å².